The zero-order chi connectivity index (χ0) is 14.7. The molecule has 1 saturated heterocycles. The zero-order valence-electron chi connectivity index (χ0n) is 11.7. The number of Topliss-reactive ketones (excluding diaryl/α,β-unsaturated/α-hetero) is 1. The molecule has 0 aliphatic carbocycles. The van der Waals surface area contributed by atoms with Gasteiger partial charge in [0.25, 0.3) is 0 Å². The number of piperidine rings is 1. The van der Waals surface area contributed by atoms with Crippen molar-refractivity contribution in [2.75, 3.05) is 18.0 Å². The summed E-state index contributed by atoms with van der Waals surface area (Å²) in [6.07, 6.45) is 0.918. The van der Waals surface area contributed by atoms with Crippen molar-refractivity contribution >= 4 is 17.2 Å². The van der Waals surface area contributed by atoms with Crippen LogP contribution in [0.2, 0.25) is 0 Å². The van der Waals surface area contributed by atoms with E-state index in [-0.39, 0.29) is 23.3 Å². The third kappa shape index (κ3) is 3.26. The predicted molar refractivity (Wildman–Crippen MR) is 75.3 cm³/mol. The van der Waals surface area contributed by atoms with Gasteiger partial charge in [0.05, 0.1) is 11.0 Å². The van der Waals surface area contributed by atoms with E-state index in [0.29, 0.717) is 25.9 Å². The second-order valence-electron chi connectivity index (χ2n) is 5.10. The van der Waals surface area contributed by atoms with Gasteiger partial charge in [0, 0.05) is 43.8 Å². The van der Waals surface area contributed by atoms with E-state index in [1.807, 2.05) is 13.8 Å². The van der Waals surface area contributed by atoms with Crippen molar-refractivity contribution in [3.8, 4) is 5.75 Å². The largest absolute Gasteiger partial charge is 0.484 e. The third-order valence-corrected chi connectivity index (χ3v) is 3.19. The molecule has 6 heteroatoms. The molecule has 2 rings (SSSR count). The Morgan fingerprint density at radius 2 is 1.95 bits per heavy atom. The lowest BCUT2D eigenvalue weighted by molar-refractivity contribution is -0.386. The van der Waals surface area contributed by atoms with Crippen molar-refractivity contribution in [1.29, 1.82) is 0 Å². The third-order valence-electron chi connectivity index (χ3n) is 3.19. The minimum absolute atomic E-state index is 0.0319. The summed E-state index contributed by atoms with van der Waals surface area (Å²) < 4.78 is 5.52. The molecule has 108 valence electrons. The first-order valence-corrected chi connectivity index (χ1v) is 6.69. The van der Waals surface area contributed by atoms with Gasteiger partial charge < -0.3 is 9.64 Å². The molecule has 6 nitrogen and oxygen atoms in total. The van der Waals surface area contributed by atoms with E-state index in [1.165, 1.54) is 6.07 Å². The molecule has 0 amide bonds. The fraction of sp³-hybridized carbons (Fsp3) is 0.500. The van der Waals surface area contributed by atoms with Gasteiger partial charge in [0.2, 0.25) is 0 Å². The van der Waals surface area contributed by atoms with Gasteiger partial charge in [-0.05, 0) is 19.9 Å². The first-order chi connectivity index (χ1) is 9.47. The number of carbonyl (C=O) groups is 1. The standard InChI is InChI=1S/C14H18N2O4/c1-10(2)20-14-9-11(3-4-13(14)16(18)19)15-7-5-12(17)6-8-15/h3-4,9-10H,5-8H2,1-2H3. The number of hydrogen-bond acceptors (Lipinski definition) is 5. The number of nitro groups is 1. The topological polar surface area (TPSA) is 72.7 Å². The first kappa shape index (κ1) is 14.3. The number of nitro benzene ring substituents is 1. The minimum Gasteiger partial charge on any atom is -0.484 e. The van der Waals surface area contributed by atoms with Crippen LogP contribution in [0.3, 0.4) is 0 Å². The molecule has 0 aromatic heterocycles. The molecule has 0 spiro atoms. The molecule has 0 N–H and O–H groups in total. The maximum atomic E-state index is 11.3. The van der Waals surface area contributed by atoms with Crippen LogP contribution in [0.4, 0.5) is 11.4 Å². The van der Waals surface area contributed by atoms with Crippen molar-refractivity contribution in [3.05, 3.63) is 28.3 Å². The highest BCUT2D eigenvalue weighted by Gasteiger charge is 2.21. The number of anilines is 1. The number of benzene rings is 1. The normalized spacial score (nSPS) is 15.6. The molecule has 0 bridgehead atoms. The van der Waals surface area contributed by atoms with Gasteiger partial charge in [-0.25, -0.2) is 0 Å². The van der Waals surface area contributed by atoms with Crippen LogP contribution in [0, 0.1) is 10.1 Å². The number of hydrogen-bond donors (Lipinski definition) is 0. The SMILES string of the molecule is CC(C)Oc1cc(N2CCC(=O)CC2)ccc1[N+](=O)[O-]. The number of nitrogens with zero attached hydrogens (tertiary/aromatic N) is 2. The van der Waals surface area contributed by atoms with E-state index >= 15 is 0 Å². The summed E-state index contributed by atoms with van der Waals surface area (Å²) in [5.41, 5.74) is 0.828. The lowest BCUT2D eigenvalue weighted by atomic mass is 10.1. The Hall–Kier alpha value is -2.11. The van der Waals surface area contributed by atoms with Crippen LogP contribution in [0.1, 0.15) is 26.7 Å². The molecule has 1 heterocycles. The summed E-state index contributed by atoms with van der Waals surface area (Å²) in [6, 6.07) is 4.86. The van der Waals surface area contributed by atoms with Gasteiger partial charge in [-0.3, -0.25) is 14.9 Å². The van der Waals surface area contributed by atoms with E-state index in [9.17, 15) is 14.9 Å². The number of carbonyl (C=O) groups excluding carboxylic acids is 1. The van der Waals surface area contributed by atoms with Crippen LogP contribution >= 0.6 is 0 Å². The van der Waals surface area contributed by atoms with E-state index in [4.69, 9.17) is 4.74 Å². The first-order valence-electron chi connectivity index (χ1n) is 6.69. The van der Waals surface area contributed by atoms with Gasteiger partial charge in [-0.15, -0.1) is 0 Å². The van der Waals surface area contributed by atoms with Crippen molar-refractivity contribution in [3.63, 3.8) is 0 Å². The summed E-state index contributed by atoms with van der Waals surface area (Å²) in [6.45, 7) is 4.96. The van der Waals surface area contributed by atoms with E-state index in [2.05, 4.69) is 4.90 Å². The molecular weight excluding hydrogens is 260 g/mol. The van der Waals surface area contributed by atoms with Crippen molar-refractivity contribution in [2.45, 2.75) is 32.8 Å². The lowest BCUT2D eigenvalue weighted by Crippen LogP contribution is -2.33. The summed E-state index contributed by atoms with van der Waals surface area (Å²) in [5.74, 6) is 0.543. The predicted octanol–water partition coefficient (Wildman–Crippen LogP) is 2.55. The van der Waals surface area contributed by atoms with E-state index in [0.717, 1.165) is 5.69 Å². The smallest absolute Gasteiger partial charge is 0.311 e. The fourth-order valence-corrected chi connectivity index (χ4v) is 2.21. The summed E-state index contributed by atoms with van der Waals surface area (Å²) >= 11 is 0. The van der Waals surface area contributed by atoms with E-state index in [1.54, 1.807) is 12.1 Å². The summed E-state index contributed by atoms with van der Waals surface area (Å²) in [5, 5.41) is 11.0. The summed E-state index contributed by atoms with van der Waals surface area (Å²) in [4.78, 5) is 23.9. The van der Waals surface area contributed by atoms with Crippen LogP contribution in [0.5, 0.6) is 5.75 Å². The fourth-order valence-electron chi connectivity index (χ4n) is 2.21. The molecule has 0 unspecified atom stereocenters. The van der Waals surface area contributed by atoms with Gasteiger partial charge >= 0.3 is 5.69 Å². The van der Waals surface area contributed by atoms with E-state index < -0.39 is 4.92 Å². The molecule has 1 fully saturated rings. The number of ether oxygens (including phenoxy) is 1. The maximum absolute atomic E-state index is 11.3. The molecule has 1 aromatic rings. The highest BCUT2D eigenvalue weighted by molar-refractivity contribution is 5.81. The molecule has 20 heavy (non-hydrogen) atoms. The average molecular weight is 278 g/mol. The van der Waals surface area contributed by atoms with Gasteiger partial charge in [-0.1, -0.05) is 0 Å². The van der Waals surface area contributed by atoms with Crippen LogP contribution in [0.25, 0.3) is 0 Å². The van der Waals surface area contributed by atoms with Crippen LogP contribution in [-0.2, 0) is 4.79 Å². The Balaban J connectivity index is 2.26. The molecule has 1 aliphatic heterocycles. The van der Waals surface area contributed by atoms with Gasteiger partial charge in [0.15, 0.2) is 5.75 Å². The number of rotatable bonds is 4. The van der Waals surface area contributed by atoms with Gasteiger partial charge in [0.1, 0.15) is 5.78 Å². The maximum Gasteiger partial charge on any atom is 0.311 e. The second kappa shape index (κ2) is 5.90. The summed E-state index contributed by atoms with van der Waals surface area (Å²) in [7, 11) is 0. The molecular formula is C14H18N2O4. The lowest BCUT2D eigenvalue weighted by Gasteiger charge is -2.28. The molecule has 0 saturated carbocycles. The number of ketones is 1. The Kier molecular flexibility index (Phi) is 4.22. The monoisotopic (exact) mass is 278 g/mol. The molecule has 1 aromatic carbocycles. The van der Waals surface area contributed by atoms with Gasteiger partial charge in [-0.2, -0.15) is 0 Å². The average Bonchev–Trinajstić information content (AvgIpc) is 2.38. The highest BCUT2D eigenvalue weighted by Crippen LogP contribution is 2.33. The van der Waals surface area contributed by atoms with Crippen molar-refractivity contribution in [1.82, 2.24) is 0 Å². The van der Waals surface area contributed by atoms with Crippen LogP contribution in [0.15, 0.2) is 18.2 Å². The van der Waals surface area contributed by atoms with Crippen LogP contribution < -0.4 is 9.64 Å². The quantitative estimate of drug-likeness (QED) is 0.625. The zero-order valence-corrected chi connectivity index (χ0v) is 11.7. The Labute approximate surface area is 117 Å². The molecule has 0 radical (unpaired) electrons. The molecule has 1 aliphatic rings. The Morgan fingerprint density at radius 1 is 1.30 bits per heavy atom. The van der Waals surface area contributed by atoms with Crippen molar-refractivity contribution < 1.29 is 14.5 Å². The Morgan fingerprint density at radius 3 is 2.50 bits per heavy atom. The highest BCUT2D eigenvalue weighted by atomic mass is 16.6. The molecule has 0 atom stereocenters. The van der Waals surface area contributed by atoms with Crippen LogP contribution in [-0.4, -0.2) is 29.9 Å². The minimum atomic E-state index is -0.443. The van der Waals surface area contributed by atoms with Crippen molar-refractivity contribution in [2.24, 2.45) is 0 Å². The Bertz CT molecular complexity index is 518. The second-order valence-corrected chi connectivity index (χ2v) is 5.10.